The van der Waals surface area contributed by atoms with Crippen molar-refractivity contribution in [3.63, 3.8) is 0 Å². The highest BCUT2D eigenvalue weighted by Crippen LogP contribution is 2.10. The topological polar surface area (TPSA) is 12.0 Å². The van der Waals surface area contributed by atoms with Crippen LogP contribution >= 0.6 is 0 Å². The van der Waals surface area contributed by atoms with Crippen molar-refractivity contribution < 1.29 is 0 Å². The molecule has 0 aromatic heterocycles. The van der Waals surface area contributed by atoms with Crippen LogP contribution in [0.4, 0.5) is 0 Å². The lowest BCUT2D eigenvalue weighted by molar-refractivity contribution is 0.647. The van der Waals surface area contributed by atoms with Gasteiger partial charge in [0.05, 0.1) is 0 Å². The third kappa shape index (κ3) is 4.63. The van der Waals surface area contributed by atoms with Gasteiger partial charge >= 0.3 is 0 Å². The Morgan fingerprint density at radius 3 is 2.25 bits per heavy atom. The van der Waals surface area contributed by atoms with Gasteiger partial charge in [-0.15, -0.1) is 0 Å². The minimum atomic E-state index is 0.426. The predicted octanol–water partition coefficient (Wildman–Crippen LogP) is 3.51. The Bertz CT molecular complexity index is 322. The molecule has 1 nitrogen and oxygen atoms in total. The molecule has 1 rings (SSSR count). The molecular weight excluding hydrogens is 194 g/mol. The fourth-order valence-corrected chi connectivity index (χ4v) is 1.59. The summed E-state index contributed by atoms with van der Waals surface area (Å²) >= 11 is 0. The Balaban J connectivity index is 2.61. The van der Waals surface area contributed by atoms with Gasteiger partial charge in [-0.25, -0.2) is 0 Å². The summed E-state index contributed by atoms with van der Waals surface area (Å²) in [4.78, 5) is 0. The first-order valence-corrected chi connectivity index (χ1v) is 6.06. The highest BCUT2D eigenvalue weighted by Gasteiger charge is 1.97. The number of hydrogen-bond donors (Lipinski definition) is 1. The van der Waals surface area contributed by atoms with Crippen molar-refractivity contribution >= 4 is 6.08 Å². The van der Waals surface area contributed by atoms with E-state index in [9.17, 15) is 0 Å². The second kappa shape index (κ2) is 6.49. The first-order valence-electron chi connectivity index (χ1n) is 6.06. The molecule has 0 radical (unpaired) electrons. The van der Waals surface area contributed by atoms with Crippen molar-refractivity contribution in [1.29, 1.82) is 0 Å². The lowest BCUT2D eigenvalue weighted by Gasteiger charge is -2.05. The minimum Gasteiger partial charge on any atom is -0.314 e. The maximum atomic E-state index is 3.19. The summed E-state index contributed by atoms with van der Waals surface area (Å²) in [6.45, 7) is 6.65. The monoisotopic (exact) mass is 217 g/mol. The number of rotatable bonds is 5. The van der Waals surface area contributed by atoms with Crippen LogP contribution in [0.15, 0.2) is 30.3 Å². The van der Waals surface area contributed by atoms with Crippen molar-refractivity contribution in [2.24, 2.45) is 5.92 Å². The van der Waals surface area contributed by atoms with Gasteiger partial charge in [-0.1, -0.05) is 50.3 Å². The zero-order valence-electron chi connectivity index (χ0n) is 10.8. The number of hydrogen-bond acceptors (Lipinski definition) is 1. The summed E-state index contributed by atoms with van der Waals surface area (Å²) in [6, 6.07) is 9.26. The van der Waals surface area contributed by atoms with Crippen molar-refractivity contribution in [2.45, 2.75) is 33.2 Å². The molecule has 0 saturated heterocycles. The average molecular weight is 217 g/mol. The smallest absolute Gasteiger partial charge is 0.0221 e. The molecule has 0 bridgehead atoms. The number of likely N-dealkylation sites (N-methyl/N-ethyl adjacent to an activating group) is 1. The first kappa shape index (κ1) is 13.0. The van der Waals surface area contributed by atoms with E-state index >= 15 is 0 Å². The molecule has 1 aromatic rings. The van der Waals surface area contributed by atoms with E-state index in [-0.39, 0.29) is 0 Å². The summed E-state index contributed by atoms with van der Waals surface area (Å²) in [5.74, 6) is 0.728. The van der Waals surface area contributed by atoms with Gasteiger partial charge in [-0.2, -0.15) is 0 Å². The zero-order chi connectivity index (χ0) is 12.0. The zero-order valence-corrected chi connectivity index (χ0v) is 10.8. The maximum absolute atomic E-state index is 3.19. The summed E-state index contributed by atoms with van der Waals surface area (Å²) in [7, 11) is 1.97. The fourth-order valence-electron chi connectivity index (χ4n) is 1.59. The Kier molecular flexibility index (Phi) is 5.27. The molecule has 0 aliphatic heterocycles. The van der Waals surface area contributed by atoms with E-state index in [1.165, 1.54) is 11.1 Å². The summed E-state index contributed by atoms with van der Waals surface area (Å²) < 4.78 is 0. The van der Waals surface area contributed by atoms with Crippen LogP contribution in [0.25, 0.3) is 6.08 Å². The molecule has 1 atom stereocenters. The number of nitrogens with one attached hydrogen (secondary N) is 1. The van der Waals surface area contributed by atoms with Gasteiger partial charge in [0.15, 0.2) is 0 Å². The second-order valence-electron chi connectivity index (χ2n) is 4.78. The lowest BCUT2D eigenvalue weighted by atomic mass is 10.0. The highest BCUT2D eigenvalue weighted by atomic mass is 14.8. The first-order chi connectivity index (χ1) is 7.61. The fraction of sp³-hybridized carbons (Fsp3) is 0.467. The quantitative estimate of drug-likeness (QED) is 0.796. The Morgan fingerprint density at radius 2 is 1.75 bits per heavy atom. The molecule has 1 aromatic carbocycles. The summed E-state index contributed by atoms with van der Waals surface area (Å²) in [5, 5.41) is 3.19. The van der Waals surface area contributed by atoms with Gasteiger partial charge in [-0.3, -0.25) is 0 Å². The van der Waals surface area contributed by atoms with Gasteiger partial charge in [0, 0.05) is 6.04 Å². The molecule has 0 heterocycles. The molecule has 0 aliphatic rings. The van der Waals surface area contributed by atoms with Gasteiger partial charge in [0.1, 0.15) is 0 Å². The molecule has 1 unspecified atom stereocenters. The second-order valence-corrected chi connectivity index (χ2v) is 4.78. The van der Waals surface area contributed by atoms with E-state index in [4.69, 9.17) is 0 Å². The van der Waals surface area contributed by atoms with E-state index in [2.05, 4.69) is 62.5 Å². The van der Waals surface area contributed by atoms with E-state index in [0.29, 0.717) is 6.04 Å². The molecule has 0 spiro atoms. The van der Waals surface area contributed by atoms with Crippen LogP contribution in [0.5, 0.6) is 0 Å². The molecular formula is C15H23N. The van der Waals surface area contributed by atoms with Crippen molar-refractivity contribution in [1.82, 2.24) is 5.32 Å². The van der Waals surface area contributed by atoms with Crippen molar-refractivity contribution in [3.05, 3.63) is 41.5 Å². The van der Waals surface area contributed by atoms with Crippen molar-refractivity contribution in [3.8, 4) is 0 Å². The lowest BCUT2D eigenvalue weighted by Crippen LogP contribution is -2.17. The van der Waals surface area contributed by atoms with E-state index in [1.807, 2.05) is 7.05 Å². The number of benzene rings is 1. The SMILES string of the molecule is CNC(C)/C=C/c1ccc(CC(C)C)cc1. The largest absolute Gasteiger partial charge is 0.314 e. The summed E-state index contributed by atoms with van der Waals surface area (Å²) in [6.07, 6.45) is 5.51. The van der Waals surface area contributed by atoms with Gasteiger partial charge in [0.2, 0.25) is 0 Å². The van der Waals surface area contributed by atoms with Crippen LogP contribution in [0.3, 0.4) is 0 Å². The van der Waals surface area contributed by atoms with Crippen LogP contribution in [-0.2, 0) is 6.42 Å². The normalized spacial score (nSPS) is 13.6. The molecule has 0 aliphatic carbocycles. The van der Waals surface area contributed by atoms with Crippen molar-refractivity contribution in [2.75, 3.05) is 7.05 Å². The van der Waals surface area contributed by atoms with Gasteiger partial charge in [0.25, 0.3) is 0 Å². The third-order valence-electron chi connectivity index (χ3n) is 2.66. The Hall–Kier alpha value is -1.08. The molecule has 1 N–H and O–H groups in total. The van der Waals surface area contributed by atoms with Crippen LogP contribution in [0.1, 0.15) is 31.9 Å². The van der Waals surface area contributed by atoms with E-state index in [1.54, 1.807) is 0 Å². The van der Waals surface area contributed by atoms with Crippen LogP contribution < -0.4 is 5.32 Å². The molecule has 0 amide bonds. The molecule has 0 saturated carbocycles. The molecule has 16 heavy (non-hydrogen) atoms. The average Bonchev–Trinajstić information content (AvgIpc) is 2.27. The standard InChI is InChI=1S/C15H23N/c1-12(2)11-15-9-7-14(8-10-15)6-5-13(3)16-4/h5-10,12-13,16H,11H2,1-4H3/b6-5+. The van der Waals surface area contributed by atoms with E-state index in [0.717, 1.165) is 12.3 Å². The molecule has 88 valence electrons. The highest BCUT2D eigenvalue weighted by molar-refractivity contribution is 5.50. The van der Waals surface area contributed by atoms with Crippen LogP contribution in [-0.4, -0.2) is 13.1 Å². The predicted molar refractivity (Wildman–Crippen MR) is 72.5 cm³/mol. The van der Waals surface area contributed by atoms with Crippen LogP contribution in [0.2, 0.25) is 0 Å². The minimum absolute atomic E-state index is 0.426. The van der Waals surface area contributed by atoms with E-state index < -0.39 is 0 Å². The summed E-state index contributed by atoms with van der Waals surface area (Å²) in [5.41, 5.74) is 2.70. The van der Waals surface area contributed by atoms with Gasteiger partial charge < -0.3 is 5.32 Å². The Morgan fingerprint density at radius 1 is 1.12 bits per heavy atom. The van der Waals surface area contributed by atoms with Gasteiger partial charge in [-0.05, 0) is 37.4 Å². The maximum Gasteiger partial charge on any atom is 0.0221 e. The molecule has 1 heteroatoms. The Labute approximate surface area is 99.6 Å². The third-order valence-corrected chi connectivity index (χ3v) is 2.66. The van der Waals surface area contributed by atoms with Crippen LogP contribution in [0, 0.1) is 5.92 Å². The molecule has 0 fully saturated rings.